The van der Waals surface area contributed by atoms with Gasteiger partial charge in [-0.05, 0) is 36.6 Å². The van der Waals surface area contributed by atoms with Crippen molar-refractivity contribution in [1.29, 1.82) is 0 Å². The van der Waals surface area contributed by atoms with Crippen molar-refractivity contribution in [3.63, 3.8) is 0 Å². The summed E-state index contributed by atoms with van der Waals surface area (Å²) >= 11 is 0. The highest BCUT2D eigenvalue weighted by molar-refractivity contribution is 7.90. The van der Waals surface area contributed by atoms with Gasteiger partial charge in [-0.2, -0.15) is 0 Å². The number of rotatable bonds is 8. The molecule has 0 unspecified atom stereocenters. The molecule has 1 aromatic heterocycles. The van der Waals surface area contributed by atoms with Gasteiger partial charge in [0.2, 0.25) is 0 Å². The number of para-hydroxylation sites is 1. The molecule has 6 nitrogen and oxygen atoms in total. The second kappa shape index (κ2) is 8.20. The van der Waals surface area contributed by atoms with Crippen molar-refractivity contribution in [3.05, 3.63) is 47.9 Å². The molecule has 2 rings (SSSR count). The van der Waals surface area contributed by atoms with Gasteiger partial charge >= 0.3 is 0 Å². The van der Waals surface area contributed by atoms with E-state index in [-0.39, 0.29) is 33.8 Å². The summed E-state index contributed by atoms with van der Waals surface area (Å²) in [5.74, 6) is 0.391. The van der Waals surface area contributed by atoms with Crippen molar-refractivity contribution < 1.29 is 22.4 Å². The fourth-order valence-electron chi connectivity index (χ4n) is 2.28. The minimum absolute atomic E-state index is 0.0943. The molecule has 0 atom stereocenters. The highest BCUT2D eigenvalue weighted by atomic mass is 32.2. The molecule has 7 heteroatoms. The molecule has 0 spiro atoms. The summed E-state index contributed by atoms with van der Waals surface area (Å²) in [6.45, 7) is 4.69. The Labute approximate surface area is 148 Å². The minimum Gasteiger partial charge on any atom is -0.495 e. The maximum Gasteiger partial charge on any atom is 0.286 e. The number of carbonyl (C=O) groups is 1. The van der Waals surface area contributed by atoms with E-state index in [1.165, 1.54) is 25.3 Å². The predicted molar refractivity (Wildman–Crippen MR) is 94.4 cm³/mol. The van der Waals surface area contributed by atoms with Gasteiger partial charge in [-0.15, -0.1) is 0 Å². The molecule has 0 fully saturated rings. The fraction of sp³-hybridized carbons (Fsp3) is 0.389. The summed E-state index contributed by atoms with van der Waals surface area (Å²) in [5, 5.41) is 2.75. The van der Waals surface area contributed by atoms with Crippen LogP contribution in [0.15, 0.2) is 45.7 Å². The van der Waals surface area contributed by atoms with Gasteiger partial charge in [0.25, 0.3) is 5.91 Å². The molecule has 0 saturated carbocycles. The predicted octanol–water partition coefficient (Wildman–Crippen LogP) is 3.04. The monoisotopic (exact) mass is 365 g/mol. The second-order valence-electron chi connectivity index (χ2n) is 6.11. The molecule has 25 heavy (non-hydrogen) atoms. The molecule has 0 aliphatic heterocycles. The molecular weight excluding hydrogens is 342 g/mol. The van der Waals surface area contributed by atoms with E-state index in [1.54, 1.807) is 18.2 Å². The van der Waals surface area contributed by atoms with Crippen LogP contribution >= 0.6 is 0 Å². The second-order valence-corrected chi connectivity index (χ2v) is 8.07. The van der Waals surface area contributed by atoms with Crippen LogP contribution in [0.4, 0.5) is 0 Å². The van der Waals surface area contributed by atoms with E-state index in [0.29, 0.717) is 12.5 Å². The largest absolute Gasteiger partial charge is 0.495 e. The third-order valence-corrected chi connectivity index (χ3v) is 5.30. The maximum atomic E-state index is 12.6. The van der Waals surface area contributed by atoms with Crippen molar-refractivity contribution in [2.24, 2.45) is 5.92 Å². The van der Waals surface area contributed by atoms with Crippen molar-refractivity contribution in [2.75, 3.05) is 13.7 Å². The lowest BCUT2D eigenvalue weighted by Crippen LogP contribution is -2.24. The van der Waals surface area contributed by atoms with Gasteiger partial charge in [0.15, 0.2) is 15.6 Å². The van der Waals surface area contributed by atoms with E-state index in [9.17, 15) is 13.2 Å². The molecular formula is C18H23NO5S. The first-order chi connectivity index (χ1) is 11.8. The first kappa shape index (κ1) is 19.1. The average Bonchev–Trinajstić information content (AvgIpc) is 3.02. The Morgan fingerprint density at radius 1 is 1.20 bits per heavy atom. The zero-order valence-electron chi connectivity index (χ0n) is 14.6. The van der Waals surface area contributed by atoms with E-state index in [0.717, 1.165) is 6.42 Å². The topological polar surface area (TPSA) is 85.6 Å². The van der Waals surface area contributed by atoms with Crippen molar-refractivity contribution in [3.8, 4) is 5.75 Å². The Bertz CT molecular complexity index is 823. The average molecular weight is 365 g/mol. The van der Waals surface area contributed by atoms with E-state index in [4.69, 9.17) is 9.15 Å². The normalized spacial score (nSPS) is 11.5. The van der Waals surface area contributed by atoms with Crippen LogP contribution in [0.25, 0.3) is 0 Å². The Morgan fingerprint density at radius 2 is 1.92 bits per heavy atom. The lowest BCUT2D eigenvalue weighted by Gasteiger charge is -2.08. The number of methoxy groups -OCH3 is 1. The van der Waals surface area contributed by atoms with Gasteiger partial charge in [0.1, 0.15) is 22.2 Å². The van der Waals surface area contributed by atoms with Crippen LogP contribution in [0.2, 0.25) is 0 Å². The molecule has 0 aliphatic rings. The summed E-state index contributed by atoms with van der Waals surface area (Å²) < 4.78 is 35.6. The molecule has 0 saturated heterocycles. The van der Waals surface area contributed by atoms with Crippen LogP contribution in [0, 0.1) is 5.92 Å². The highest BCUT2D eigenvalue weighted by Crippen LogP contribution is 2.26. The van der Waals surface area contributed by atoms with Crippen LogP contribution in [0.1, 0.15) is 36.6 Å². The number of hydrogen-bond acceptors (Lipinski definition) is 5. The van der Waals surface area contributed by atoms with Crippen LogP contribution < -0.4 is 10.1 Å². The minimum atomic E-state index is -3.65. The van der Waals surface area contributed by atoms with Crippen LogP contribution in [-0.4, -0.2) is 28.0 Å². The Balaban J connectivity index is 2.08. The summed E-state index contributed by atoms with van der Waals surface area (Å²) in [6.07, 6.45) is 0.863. The standard InChI is InChI=1S/C18H23NO5S/c1-13(2)10-11-19-18(20)16-9-8-14(24-16)12-25(21,22)17-7-5-4-6-15(17)23-3/h4-9,13H,10-12H2,1-3H3,(H,19,20). The molecule has 0 aliphatic carbocycles. The Kier molecular flexibility index (Phi) is 6.25. The highest BCUT2D eigenvalue weighted by Gasteiger charge is 2.22. The summed E-state index contributed by atoms with van der Waals surface area (Å²) in [6, 6.07) is 9.39. The summed E-state index contributed by atoms with van der Waals surface area (Å²) in [4.78, 5) is 12.1. The van der Waals surface area contributed by atoms with Gasteiger partial charge in [-0.3, -0.25) is 4.79 Å². The number of furan rings is 1. The SMILES string of the molecule is COc1ccccc1S(=O)(=O)Cc1ccc(C(=O)NCCC(C)C)o1. The molecule has 0 radical (unpaired) electrons. The lowest BCUT2D eigenvalue weighted by molar-refractivity contribution is 0.0923. The third-order valence-electron chi connectivity index (χ3n) is 3.63. The molecule has 1 amide bonds. The molecule has 136 valence electrons. The van der Waals surface area contributed by atoms with Crippen molar-refractivity contribution in [1.82, 2.24) is 5.32 Å². The zero-order valence-corrected chi connectivity index (χ0v) is 15.4. The lowest BCUT2D eigenvalue weighted by atomic mass is 10.1. The Hall–Kier alpha value is -2.28. The summed E-state index contributed by atoms with van der Waals surface area (Å²) in [7, 11) is -2.23. The van der Waals surface area contributed by atoms with Crippen LogP contribution in [0.5, 0.6) is 5.75 Å². The van der Waals surface area contributed by atoms with Crippen molar-refractivity contribution in [2.45, 2.75) is 30.9 Å². The van der Waals surface area contributed by atoms with Crippen LogP contribution in [-0.2, 0) is 15.6 Å². The first-order valence-electron chi connectivity index (χ1n) is 8.06. The number of amides is 1. The van der Waals surface area contributed by atoms with E-state index >= 15 is 0 Å². The number of nitrogens with one attached hydrogen (secondary N) is 1. The van der Waals surface area contributed by atoms with Gasteiger partial charge in [-0.1, -0.05) is 26.0 Å². The number of sulfone groups is 1. The fourth-order valence-corrected chi connectivity index (χ4v) is 3.71. The molecule has 0 bridgehead atoms. The van der Waals surface area contributed by atoms with Gasteiger partial charge in [0, 0.05) is 6.54 Å². The van der Waals surface area contributed by atoms with E-state index < -0.39 is 9.84 Å². The smallest absolute Gasteiger partial charge is 0.286 e. The molecule has 2 aromatic rings. The number of carbonyl (C=O) groups excluding carboxylic acids is 1. The first-order valence-corrected chi connectivity index (χ1v) is 9.71. The van der Waals surface area contributed by atoms with Crippen molar-refractivity contribution >= 4 is 15.7 Å². The zero-order chi connectivity index (χ0) is 18.4. The Morgan fingerprint density at radius 3 is 2.60 bits per heavy atom. The summed E-state index contributed by atoms with van der Waals surface area (Å²) in [5.41, 5.74) is 0. The third kappa shape index (κ3) is 5.09. The number of hydrogen-bond donors (Lipinski definition) is 1. The quantitative estimate of drug-likeness (QED) is 0.777. The molecule has 1 heterocycles. The van der Waals surface area contributed by atoms with E-state index in [1.807, 2.05) is 0 Å². The van der Waals surface area contributed by atoms with Gasteiger partial charge in [0.05, 0.1) is 7.11 Å². The van der Waals surface area contributed by atoms with Crippen LogP contribution in [0.3, 0.4) is 0 Å². The molecule has 1 aromatic carbocycles. The van der Waals surface area contributed by atoms with E-state index in [2.05, 4.69) is 19.2 Å². The number of ether oxygens (including phenoxy) is 1. The maximum absolute atomic E-state index is 12.6. The number of benzene rings is 1. The van der Waals surface area contributed by atoms with Gasteiger partial charge in [-0.25, -0.2) is 8.42 Å². The molecule has 1 N–H and O–H groups in total. The van der Waals surface area contributed by atoms with Gasteiger partial charge < -0.3 is 14.5 Å².